The van der Waals surface area contributed by atoms with Crippen molar-refractivity contribution < 1.29 is 0 Å². The van der Waals surface area contributed by atoms with Crippen LogP contribution >= 0.6 is 0 Å². The third kappa shape index (κ3) is 2.50. The number of hydrogen-bond donors (Lipinski definition) is 2. The van der Waals surface area contributed by atoms with Crippen LogP contribution in [0.25, 0.3) is 0 Å². The molecule has 0 aromatic carbocycles. The van der Waals surface area contributed by atoms with E-state index in [9.17, 15) is 0 Å². The van der Waals surface area contributed by atoms with Crippen LogP contribution in [-0.2, 0) is 6.54 Å². The quantitative estimate of drug-likeness (QED) is 0.707. The summed E-state index contributed by atoms with van der Waals surface area (Å²) in [5.41, 5.74) is 1.26. The minimum Gasteiger partial charge on any atom is -0.315 e. The summed E-state index contributed by atoms with van der Waals surface area (Å²) < 4.78 is 0. The molecule has 1 unspecified atom stereocenters. The van der Waals surface area contributed by atoms with E-state index >= 15 is 0 Å². The number of rotatable bonds is 3. The maximum atomic E-state index is 4.07. The number of nitrogens with one attached hydrogen (secondary N) is 2. The summed E-state index contributed by atoms with van der Waals surface area (Å²) >= 11 is 0. The smallest absolute Gasteiger partial charge is 0.0312 e. The molecule has 2 heterocycles. The topological polar surface area (TPSA) is 37.0 Å². The first-order valence-corrected chi connectivity index (χ1v) is 4.78. The Hall–Kier alpha value is -0.930. The van der Waals surface area contributed by atoms with Crippen molar-refractivity contribution in [3.8, 4) is 0 Å². The molecule has 1 saturated heterocycles. The Labute approximate surface area is 78.6 Å². The zero-order chi connectivity index (χ0) is 8.93. The van der Waals surface area contributed by atoms with Gasteiger partial charge >= 0.3 is 0 Å². The fraction of sp³-hybridized carbons (Fsp3) is 0.500. The summed E-state index contributed by atoms with van der Waals surface area (Å²) in [4.78, 5) is 4.07. The van der Waals surface area contributed by atoms with Gasteiger partial charge in [0.2, 0.25) is 0 Å². The molecule has 2 N–H and O–H groups in total. The predicted octanol–water partition coefficient (Wildman–Crippen LogP) is 0.533. The summed E-state index contributed by atoms with van der Waals surface area (Å²) in [5.74, 6) is 0. The van der Waals surface area contributed by atoms with E-state index in [0.29, 0.717) is 6.04 Å². The summed E-state index contributed by atoms with van der Waals surface area (Å²) in [6, 6.07) is 4.71. The van der Waals surface area contributed by atoms with E-state index in [4.69, 9.17) is 0 Å². The Balaban J connectivity index is 1.79. The first-order chi connectivity index (χ1) is 6.45. The van der Waals surface area contributed by atoms with Crippen molar-refractivity contribution in [1.29, 1.82) is 0 Å². The van der Waals surface area contributed by atoms with Crippen molar-refractivity contribution in [2.24, 2.45) is 0 Å². The number of aromatic nitrogens is 1. The first-order valence-electron chi connectivity index (χ1n) is 4.78. The van der Waals surface area contributed by atoms with Crippen LogP contribution < -0.4 is 10.6 Å². The van der Waals surface area contributed by atoms with Gasteiger partial charge in [0.05, 0.1) is 0 Å². The number of nitrogens with zero attached hydrogens (tertiary/aromatic N) is 1. The minimum absolute atomic E-state index is 0.639. The Bertz CT molecular complexity index is 242. The van der Waals surface area contributed by atoms with Gasteiger partial charge in [-0.05, 0) is 24.6 Å². The molecule has 2 rings (SSSR count). The van der Waals surface area contributed by atoms with E-state index in [1.54, 1.807) is 6.20 Å². The Morgan fingerprint density at radius 2 is 2.62 bits per heavy atom. The highest BCUT2D eigenvalue weighted by Gasteiger charge is 2.12. The van der Waals surface area contributed by atoms with Crippen LogP contribution in [0.5, 0.6) is 0 Å². The van der Waals surface area contributed by atoms with Crippen molar-refractivity contribution in [3.63, 3.8) is 0 Å². The third-order valence-electron chi connectivity index (χ3n) is 2.38. The lowest BCUT2D eigenvalue weighted by atomic mass is 10.2. The van der Waals surface area contributed by atoms with E-state index in [1.165, 1.54) is 12.0 Å². The summed E-state index contributed by atoms with van der Waals surface area (Å²) in [5, 5.41) is 6.83. The first kappa shape index (κ1) is 8.66. The summed E-state index contributed by atoms with van der Waals surface area (Å²) in [6.45, 7) is 3.17. The highest BCUT2D eigenvalue weighted by atomic mass is 15.0. The van der Waals surface area contributed by atoms with E-state index < -0.39 is 0 Å². The maximum Gasteiger partial charge on any atom is 0.0312 e. The minimum atomic E-state index is 0.639. The third-order valence-corrected chi connectivity index (χ3v) is 2.38. The molecule has 1 atom stereocenters. The molecule has 3 heteroatoms. The van der Waals surface area contributed by atoms with Gasteiger partial charge in [-0.25, -0.2) is 0 Å². The van der Waals surface area contributed by atoms with Gasteiger partial charge in [0.1, 0.15) is 0 Å². The fourth-order valence-electron chi connectivity index (χ4n) is 1.59. The van der Waals surface area contributed by atoms with Gasteiger partial charge < -0.3 is 10.6 Å². The molecule has 1 aromatic heterocycles. The second-order valence-corrected chi connectivity index (χ2v) is 3.43. The molecule has 1 aromatic rings. The molecule has 0 saturated carbocycles. The molecule has 0 aliphatic carbocycles. The average molecular weight is 177 g/mol. The Morgan fingerprint density at radius 1 is 1.62 bits per heavy atom. The van der Waals surface area contributed by atoms with Gasteiger partial charge in [-0.15, -0.1) is 0 Å². The van der Waals surface area contributed by atoms with Crippen molar-refractivity contribution in [1.82, 2.24) is 15.6 Å². The van der Waals surface area contributed by atoms with Crippen molar-refractivity contribution in [3.05, 3.63) is 30.1 Å². The molecule has 0 spiro atoms. The highest BCUT2D eigenvalue weighted by molar-refractivity contribution is 5.08. The molecular weight excluding hydrogens is 162 g/mol. The second-order valence-electron chi connectivity index (χ2n) is 3.43. The van der Waals surface area contributed by atoms with Crippen LogP contribution in [-0.4, -0.2) is 24.1 Å². The average Bonchev–Trinajstić information content (AvgIpc) is 2.69. The van der Waals surface area contributed by atoms with Gasteiger partial charge in [-0.2, -0.15) is 0 Å². The summed E-state index contributed by atoms with van der Waals surface area (Å²) in [7, 11) is 0. The normalized spacial score (nSPS) is 22.0. The van der Waals surface area contributed by atoms with Crippen LogP contribution in [0.4, 0.5) is 0 Å². The largest absolute Gasteiger partial charge is 0.315 e. The second kappa shape index (κ2) is 4.35. The van der Waals surface area contributed by atoms with Crippen LogP contribution in [0.3, 0.4) is 0 Å². The monoisotopic (exact) mass is 177 g/mol. The maximum absolute atomic E-state index is 4.07. The fourth-order valence-corrected chi connectivity index (χ4v) is 1.59. The molecular formula is C10H15N3. The van der Waals surface area contributed by atoms with E-state index in [2.05, 4.69) is 21.7 Å². The van der Waals surface area contributed by atoms with Gasteiger partial charge in [-0.3, -0.25) is 4.98 Å². The standard InChI is InChI=1S/C10H15N3/c1-2-9(6-11-4-1)7-13-10-3-5-12-8-10/h1-2,4,6,10,12-13H,3,5,7-8H2. The number of hydrogen-bond acceptors (Lipinski definition) is 3. The van der Waals surface area contributed by atoms with E-state index in [0.717, 1.165) is 19.6 Å². The zero-order valence-electron chi connectivity index (χ0n) is 7.66. The van der Waals surface area contributed by atoms with Crippen molar-refractivity contribution in [2.75, 3.05) is 13.1 Å². The Kier molecular flexibility index (Phi) is 2.90. The lowest BCUT2D eigenvalue weighted by molar-refractivity contribution is 0.547. The van der Waals surface area contributed by atoms with Crippen LogP contribution in [0.15, 0.2) is 24.5 Å². The molecule has 70 valence electrons. The van der Waals surface area contributed by atoms with Crippen LogP contribution in [0.1, 0.15) is 12.0 Å². The van der Waals surface area contributed by atoms with Gasteiger partial charge in [0.25, 0.3) is 0 Å². The lowest BCUT2D eigenvalue weighted by Gasteiger charge is -2.10. The molecule has 0 amide bonds. The SMILES string of the molecule is c1cncc(CNC2CCNC2)c1. The highest BCUT2D eigenvalue weighted by Crippen LogP contribution is 2.00. The molecule has 0 radical (unpaired) electrons. The zero-order valence-corrected chi connectivity index (χ0v) is 7.66. The molecule has 0 bridgehead atoms. The van der Waals surface area contributed by atoms with E-state index in [-0.39, 0.29) is 0 Å². The predicted molar refractivity (Wildman–Crippen MR) is 52.4 cm³/mol. The number of pyridine rings is 1. The van der Waals surface area contributed by atoms with Gasteiger partial charge in [0, 0.05) is 31.5 Å². The van der Waals surface area contributed by atoms with Crippen molar-refractivity contribution >= 4 is 0 Å². The molecule has 1 fully saturated rings. The lowest BCUT2D eigenvalue weighted by Crippen LogP contribution is -2.30. The van der Waals surface area contributed by atoms with Gasteiger partial charge in [0.15, 0.2) is 0 Å². The molecule has 1 aliphatic rings. The molecule has 13 heavy (non-hydrogen) atoms. The Morgan fingerprint density at radius 3 is 3.31 bits per heavy atom. The van der Waals surface area contributed by atoms with Gasteiger partial charge in [-0.1, -0.05) is 6.07 Å². The van der Waals surface area contributed by atoms with Crippen molar-refractivity contribution in [2.45, 2.75) is 19.0 Å². The molecule has 3 nitrogen and oxygen atoms in total. The summed E-state index contributed by atoms with van der Waals surface area (Å²) in [6.07, 6.45) is 4.95. The van der Waals surface area contributed by atoms with Crippen LogP contribution in [0, 0.1) is 0 Å². The van der Waals surface area contributed by atoms with Crippen LogP contribution in [0.2, 0.25) is 0 Å². The van der Waals surface area contributed by atoms with E-state index in [1.807, 2.05) is 12.3 Å². The molecule has 1 aliphatic heterocycles.